The van der Waals surface area contributed by atoms with Gasteiger partial charge in [-0.05, 0) is 38.5 Å². The second kappa shape index (κ2) is 15.1. The molecule has 0 heterocycles. The third kappa shape index (κ3) is 10.3. The van der Waals surface area contributed by atoms with Gasteiger partial charge in [0, 0.05) is 6.42 Å². The van der Waals surface area contributed by atoms with E-state index in [4.69, 9.17) is 15.6 Å². The summed E-state index contributed by atoms with van der Waals surface area (Å²) in [5.74, 6) is -3.94. The van der Waals surface area contributed by atoms with Crippen LogP contribution in [-0.2, 0) is 14.6 Å². The van der Waals surface area contributed by atoms with E-state index in [1.54, 1.807) is 0 Å². The predicted octanol–water partition coefficient (Wildman–Crippen LogP) is 4.95. The summed E-state index contributed by atoms with van der Waals surface area (Å²) in [5.41, 5.74) is 0. The summed E-state index contributed by atoms with van der Waals surface area (Å²) in [7, 11) is 0. The molecule has 0 aromatic rings. The summed E-state index contributed by atoms with van der Waals surface area (Å²) in [4.78, 5) is 18.4. The molecule has 0 radical (unpaired) electrons. The van der Waals surface area contributed by atoms with Crippen molar-refractivity contribution >= 4 is 5.97 Å². The number of carboxylic acid groups (broad SMARTS) is 1. The highest BCUT2D eigenvalue weighted by Gasteiger charge is 2.42. The molecule has 0 aliphatic carbocycles. The summed E-state index contributed by atoms with van der Waals surface area (Å²) in [6, 6.07) is 0. The van der Waals surface area contributed by atoms with Gasteiger partial charge in [0.2, 0.25) is 0 Å². The van der Waals surface area contributed by atoms with Crippen molar-refractivity contribution in [2.45, 2.75) is 70.5 Å². The van der Waals surface area contributed by atoms with E-state index in [0.29, 0.717) is 6.42 Å². The van der Waals surface area contributed by atoms with Crippen LogP contribution in [0.1, 0.15) is 64.7 Å². The van der Waals surface area contributed by atoms with Crippen molar-refractivity contribution in [3.05, 3.63) is 36.5 Å². The first-order valence-electron chi connectivity index (χ1n) is 8.46. The quantitative estimate of drug-likeness (QED) is 0.128. The van der Waals surface area contributed by atoms with Crippen molar-refractivity contribution in [3.63, 3.8) is 0 Å². The van der Waals surface area contributed by atoms with Gasteiger partial charge >= 0.3 is 11.8 Å². The molecule has 0 rings (SSSR count). The number of rotatable bonds is 15. The molecule has 0 atom stereocenters. The Morgan fingerprint density at radius 1 is 0.875 bits per heavy atom. The molecule has 0 aromatic heterocycles. The largest absolute Gasteiger partial charge is 0.477 e. The minimum atomic E-state index is -2.38. The van der Waals surface area contributed by atoms with Crippen LogP contribution in [0.2, 0.25) is 0 Å². The molecule has 0 aliphatic heterocycles. The minimum absolute atomic E-state index is 0.123. The van der Waals surface area contributed by atoms with Crippen LogP contribution in [0.25, 0.3) is 0 Å². The van der Waals surface area contributed by atoms with Crippen LogP contribution in [0.4, 0.5) is 0 Å². The molecule has 24 heavy (non-hydrogen) atoms. The predicted molar refractivity (Wildman–Crippen MR) is 92.4 cm³/mol. The first kappa shape index (κ1) is 22.5. The lowest BCUT2D eigenvalue weighted by atomic mass is 10.1. The Balaban J connectivity index is 3.65. The standard InChI is InChI=1S/C18H30O6/c1-2-3-4-5-6-7-8-9-10-11-12-13-14-15-16-18(23-21,24-22)17(19)20/h3-4,6-7,9-10,21-22H,2,5,8,11-16H2,1H3,(H,19,20)/b4-3-,7-6-,10-9-. The Kier molecular flexibility index (Phi) is 14.2. The van der Waals surface area contributed by atoms with Gasteiger partial charge in [-0.1, -0.05) is 56.2 Å². The number of carbonyl (C=O) groups is 1. The third-order valence-electron chi connectivity index (χ3n) is 3.53. The van der Waals surface area contributed by atoms with E-state index in [-0.39, 0.29) is 6.42 Å². The fraction of sp³-hybridized carbons (Fsp3) is 0.611. The van der Waals surface area contributed by atoms with E-state index in [1.165, 1.54) is 0 Å². The second-order valence-electron chi connectivity index (χ2n) is 5.49. The Labute approximate surface area is 144 Å². The zero-order valence-electron chi connectivity index (χ0n) is 14.4. The maximum absolute atomic E-state index is 10.9. The third-order valence-corrected chi connectivity index (χ3v) is 3.53. The minimum Gasteiger partial charge on any atom is -0.477 e. The lowest BCUT2D eigenvalue weighted by Crippen LogP contribution is -2.42. The van der Waals surface area contributed by atoms with Crippen molar-refractivity contribution in [1.29, 1.82) is 0 Å². The zero-order valence-corrected chi connectivity index (χ0v) is 14.4. The summed E-state index contributed by atoms with van der Waals surface area (Å²) in [6.07, 6.45) is 19.9. The van der Waals surface area contributed by atoms with Crippen molar-refractivity contribution in [1.82, 2.24) is 0 Å². The first-order valence-corrected chi connectivity index (χ1v) is 8.46. The Morgan fingerprint density at radius 2 is 1.42 bits per heavy atom. The lowest BCUT2D eigenvalue weighted by Gasteiger charge is -2.21. The van der Waals surface area contributed by atoms with Gasteiger partial charge in [-0.2, -0.15) is 9.78 Å². The lowest BCUT2D eigenvalue weighted by molar-refractivity contribution is -0.472. The molecule has 0 bridgehead atoms. The summed E-state index contributed by atoms with van der Waals surface area (Å²) < 4.78 is 0. The van der Waals surface area contributed by atoms with Gasteiger partial charge < -0.3 is 5.11 Å². The van der Waals surface area contributed by atoms with Gasteiger partial charge in [0.25, 0.3) is 0 Å². The van der Waals surface area contributed by atoms with Crippen LogP contribution in [0.15, 0.2) is 36.5 Å². The zero-order chi connectivity index (χ0) is 18.1. The number of unbranched alkanes of at least 4 members (excludes halogenated alkanes) is 4. The summed E-state index contributed by atoms with van der Waals surface area (Å²) >= 11 is 0. The Morgan fingerprint density at radius 3 is 1.96 bits per heavy atom. The van der Waals surface area contributed by atoms with Crippen LogP contribution in [0, 0.1) is 0 Å². The highest BCUT2D eigenvalue weighted by Crippen LogP contribution is 2.20. The number of aliphatic carboxylic acids is 1. The van der Waals surface area contributed by atoms with E-state index in [2.05, 4.69) is 53.2 Å². The monoisotopic (exact) mass is 342 g/mol. The number of allylic oxidation sites excluding steroid dienone is 6. The molecule has 0 fully saturated rings. The first-order chi connectivity index (χ1) is 11.6. The van der Waals surface area contributed by atoms with Crippen LogP contribution in [-0.4, -0.2) is 27.4 Å². The number of carboxylic acids is 1. The van der Waals surface area contributed by atoms with Gasteiger partial charge in [0.15, 0.2) is 0 Å². The summed E-state index contributed by atoms with van der Waals surface area (Å²) in [6.45, 7) is 2.12. The van der Waals surface area contributed by atoms with Gasteiger partial charge in [-0.3, -0.25) is 0 Å². The Bertz CT molecular complexity index is 396. The second-order valence-corrected chi connectivity index (χ2v) is 5.49. The molecule has 3 N–H and O–H groups in total. The van der Waals surface area contributed by atoms with Crippen molar-refractivity contribution < 1.29 is 30.2 Å². The Hall–Kier alpha value is -1.47. The SMILES string of the molecule is CC/C=C\C/C=C\C/C=C\CCCCCCC(OO)(OO)C(=O)O. The van der Waals surface area contributed by atoms with E-state index in [9.17, 15) is 4.79 Å². The number of hydrogen-bond acceptors (Lipinski definition) is 5. The van der Waals surface area contributed by atoms with E-state index in [0.717, 1.165) is 44.9 Å². The number of hydrogen-bond donors (Lipinski definition) is 3. The molecule has 0 aromatic carbocycles. The highest BCUT2D eigenvalue weighted by molar-refractivity contribution is 5.75. The smallest absolute Gasteiger partial charge is 0.370 e. The molecule has 0 aliphatic rings. The molecule has 6 heteroatoms. The molecular formula is C18H30O6. The fourth-order valence-electron chi connectivity index (χ4n) is 2.09. The van der Waals surface area contributed by atoms with Gasteiger partial charge in [0.1, 0.15) is 0 Å². The normalized spacial score (nSPS) is 12.8. The molecule has 0 saturated heterocycles. The van der Waals surface area contributed by atoms with Gasteiger partial charge in [0.05, 0.1) is 0 Å². The van der Waals surface area contributed by atoms with Crippen molar-refractivity contribution in [3.8, 4) is 0 Å². The topological polar surface area (TPSA) is 96.2 Å². The van der Waals surface area contributed by atoms with Gasteiger partial charge in [-0.15, -0.1) is 0 Å². The van der Waals surface area contributed by atoms with E-state index in [1.807, 2.05) is 0 Å². The maximum Gasteiger partial charge on any atom is 0.370 e. The molecule has 0 unspecified atom stereocenters. The average Bonchev–Trinajstić information content (AvgIpc) is 2.58. The van der Waals surface area contributed by atoms with Crippen LogP contribution >= 0.6 is 0 Å². The molecule has 0 amide bonds. The van der Waals surface area contributed by atoms with Crippen molar-refractivity contribution in [2.75, 3.05) is 0 Å². The molecule has 0 saturated carbocycles. The molecule has 0 spiro atoms. The van der Waals surface area contributed by atoms with Crippen LogP contribution in [0.3, 0.4) is 0 Å². The van der Waals surface area contributed by atoms with Crippen LogP contribution in [0.5, 0.6) is 0 Å². The molecule has 138 valence electrons. The molecule has 6 nitrogen and oxygen atoms in total. The fourth-order valence-corrected chi connectivity index (χ4v) is 2.09. The highest BCUT2D eigenvalue weighted by atomic mass is 17.2. The van der Waals surface area contributed by atoms with Gasteiger partial charge in [-0.25, -0.2) is 15.3 Å². The van der Waals surface area contributed by atoms with E-state index < -0.39 is 11.8 Å². The molecular weight excluding hydrogens is 312 g/mol. The average molecular weight is 342 g/mol. The summed E-state index contributed by atoms with van der Waals surface area (Å²) in [5, 5.41) is 26.0. The van der Waals surface area contributed by atoms with Crippen molar-refractivity contribution in [2.24, 2.45) is 0 Å². The van der Waals surface area contributed by atoms with E-state index >= 15 is 0 Å². The van der Waals surface area contributed by atoms with Crippen LogP contribution < -0.4 is 0 Å². The maximum atomic E-state index is 10.9.